The van der Waals surface area contributed by atoms with Gasteiger partial charge in [-0.25, -0.2) is 4.98 Å². The molecule has 4 N–H and O–H groups in total. The van der Waals surface area contributed by atoms with Crippen molar-refractivity contribution in [2.24, 2.45) is 0 Å². The molecule has 1 heterocycles. The Labute approximate surface area is 186 Å². The number of aliphatic hydroxyl groups excluding tert-OH is 4. The third-order valence-electron chi connectivity index (χ3n) is 4.73. The number of nitrogens with zero attached hydrogens (tertiary/aromatic N) is 2. The molecule has 1 unspecified atom stereocenters. The van der Waals surface area contributed by atoms with Gasteiger partial charge in [-0.15, -0.1) is 0 Å². The predicted molar refractivity (Wildman–Crippen MR) is 110 cm³/mol. The van der Waals surface area contributed by atoms with Crippen LogP contribution in [-0.4, -0.2) is 38.6 Å². The minimum Gasteiger partial charge on any atom is -0.457 e. The van der Waals surface area contributed by atoms with Crippen molar-refractivity contribution in [3.8, 4) is 28.8 Å². The molecule has 2 aromatic carbocycles. The predicted octanol–water partition coefficient (Wildman–Crippen LogP) is 3.48. The average Bonchev–Trinajstić information content (AvgIpc) is 2.82. The highest BCUT2D eigenvalue weighted by atomic mass is 19.4. The molecule has 0 aliphatic rings. The van der Waals surface area contributed by atoms with Gasteiger partial charge in [0.15, 0.2) is 0 Å². The first-order valence-electron chi connectivity index (χ1n) is 9.65. The lowest BCUT2D eigenvalue weighted by Crippen LogP contribution is -2.10. The fourth-order valence-electron chi connectivity index (χ4n) is 3.01. The van der Waals surface area contributed by atoms with Crippen molar-refractivity contribution in [2.45, 2.75) is 18.4 Å². The van der Waals surface area contributed by atoms with E-state index >= 15 is 0 Å². The van der Waals surface area contributed by atoms with Gasteiger partial charge < -0.3 is 25.2 Å². The van der Waals surface area contributed by atoms with Crippen LogP contribution < -0.4 is 4.74 Å². The normalized spacial score (nSPS) is 13.3. The standard InChI is InChI=1S/C23H19F3N2O5/c24-23(25,26)17-7-13(10-27)1-6-22(17)33-16-4-2-14(3-5-16)18-8-15(20(31)11-29)9-19(28-18)21(32)12-30/h1-9,20-21,29-32H,11-12H2/t20?,21-/m0/s1. The van der Waals surface area contributed by atoms with Crippen molar-refractivity contribution in [1.82, 2.24) is 4.98 Å². The first kappa shape index (κ1) is 24.2. The number of rotatable bonds is 7. The molecule has 0 spiro atoms. The molecule has 33 heavy (non-hydrogen) atoms. The molecule has 1 aromatic heterocycles. The Kier molecular flexibility index (Phi) is 7.30. The van der Waals surface area contributed by atoms with Gasteiger partial charge in [0.05, 0.1) is 41.8 Å². The van der Waals surface area contributed by atoms with Gasteiger partial charge in [0.1, 0.15) is 23.7 Å². The summed E-state index contributed by atoms with van der Waals surface area (Å²) < 4.78 is 45.4. The van der Waals surface area contributed by atoms with E-state index in [1.807, 2.05) is 0 Å². The van der Waals surface area contributed by atoms with E-state index in [4.69, 9.17) is 10.00 Å². The van der Waals surface area contributed by atoms with Crippen molar-refractivity contribution < 1.29 is 38.3 Å². The van der Waals surface area contributed by atoms with Gasteiger partial charge in [-0.1, -0.05) is 0 Å². The monoisotopic (exact) mass is 460 g/mol. The summed E-state index contributed by atoms with van der Waals surface area (Å²) in [5, 5.41) is 47.2. The summed E-state index contributed by atoms with van der Waals surface area (Å²) in [5.41, 5.74) is -0.120. The van der Waals surface area contributed by atoms with Crippen molar-refractivity contribution >= 4 is 0 Å². The lowest BCUT2D eigenvalue weighted by molar-refractivity contribution is -0.138. The molecule has 0 aliphatic heterocycles. The van der Waals surface area contributed by atoms with Crippen molar-refractivity contribution in [2.75, 3.05) is 13.2 Å². The molecule has 0 radical (unpaired) electrons. The van der Waals surface area contributed by atoms with E-state index in [1.54, 1.807) is 6.07 Å². The highest BCUT2D eigenvalue weighted by molar-refractivity contribution is 5.62. The Balaban J connectivity index is 1.94. The maximum atomic E-state index is 13.3. The number of alkyl halides is 3. The molecule has 0 saturated heterocycles. The quantitative estimate of drug-likeness (QED) is 0.425. The molecule has 0 saturated carbocycles. The summed E-state index contributed by atoms with van der Waals surface area (Å²) >= 11 is 0. The molecular formula is C23H19F3N2O5. The molecule has 0 amide bonds. The van der Waals surface area contributed by atoms with E-state index in [2.05, 4.69) is 4.98 Å². The van der Waals surface area contributed by atoms with Crippen LogP contribution in [0.15, 0.2) is 54.6 Å². The number of hydrogen-bond acceptors (Lipinski definition) is 7. The summed E-state index contributed by atoms with van der Waals surface area (Å²) in [6.45, 7) is -1.18. The van der Waals surface area contributed by atoms with Crippen molar-refractivity contribution in [1.29, 1.82) is 5.26 Å². The van der Waals surface area contributed by atoms with Gasteiger partial charge in [0.2, 0.25) is 0 Å². The Morgan fingerprint density at radius 3 is 2.18 bits per heavy atom. The van der Waals surface area contributed by atoms with Crippen LogP contribution in [0.1, 0.15) is 34.6 Å². The van der Waals surface area contributed by atoms with E-state index in [0.29, 0.717) is 17.3 Å². The third-order valence-corrected chi connectivity index (χ3v) is 4.73. The van der Waals surface area contributed by atoms with Gasteiger partial charge in [-0.2, -0.15) is 18.4 Å². The zero-order chi connectivity index (χ0) is 24.2. The second-order valence-electron chi connectivity index (χ2n) is 7.05. The Hall–Kier alpha value is -3.49. The molecule has 3 rings (SSSR count). The van der Waals surface area contributed by atoms with Gasteiger partial charge in [0, 0.05) is 5.56 Å². The van der Waals surface area contributed by atoms with Gasteiger partial charge in [-0.3, -0.25) is 0 Å². The van der Waals surface area contributed by atoms with Crippen LogP contribution >= 0.6 is 0 Å². The zero-order valence-electron chi connectivity index (χ0n) is 17.0. The number of nitriles is 1. The first-order chi connectivity index (χ1) is 15.7. The number of pyridine rings is 1. The van der Waals surface area contributed by atoms with Crippen LogP contribution in [-0.2, 0) is 6.18 Å². The number of benzene rings is 2. The number of hydrogen-bond donors (Lipinski definition) is 4. The Morgan fingerprint density at radius 2 is 1.61 bits per heavy atom. The van der Waals surface area contributed by atoms with Gasteiger partial charge in [0.25, 0.3) is 0 Å². The summed E-state index contributed by atoms with van der Waals surface area (Å²) in [6.07, 6.45) is -7.27. The van der Waals surface area contributed by atoms with Crippen LogP contribution in [0, 0.1) is 11.3 Å². The molecule has 7 nitrogen and oxygen atoms in total. The van der Waals surface area contributed by atoms with Crippen molar-refractivity contribution in [3.63, 3.8) is 0 Å². The zero-order valence-corrected chi connectivity index (χ0v) is 17.0. The molecule has 10 heteroatoms. The summed E-state index contributed by atoms with van der Waals surface area (Å²) in [5.74, 6) is -0.370. The topological polar surface area (TPSA) is 127 Å². The molecule has 0 bridgehead atoms. The van der Waals surface area contributed by atoms with E-state index in [0.717, 1.165) is 6.07 Å². The number of ether oxygens (including phenoxy) is 1. The second-order valence-corrected chi connectivity index (χ2v) is 7.05. The molecule has 2 atom stereocenters. The molecule has 3 aromatic rings. The smallest absolute Gasteiger partial charge is 0.420 e. The van der Waals surface area contributed by atoms with Crippen LogP contribution in [0.25, 0.3) is 11.3 Å². The maximum absolute atomic E-state index is 13.3. The SMILES string of the molecule is N#Cc1ccc(Oc2ccc(-c3cc(C(O)CO)cc([C@@H](O)CO)n3)cc2)c(C(F)(F)F)c1. The maximum Gasteiger partial charge on any atom is 0.420 e. The lowest BCUT2D eigenvalue weighted by Gasteiger charge is -2.16. The Morgan fingerprint density at radius 1 is 0.939 bits per heavy atom. The number of aromatic nitrogens is 1. The van der Waals surface area contributed by atoms with E-state index < -0.39 is 42.9 Å². The summed E-state index contributed by atoms with van der Waals surface area (Å²) in [4.78, 5) is 4.25. The van der Waals surface area contributed by atoms with E-state index in [1.165, 1.54) is 42.5 Å². The lowest BCUT2D eigenvalue weighted by atomic mass is 10.0. The van der Waals surface area contributed by atoms with Crippen LogP contribution in [0.2, 0.25) is 0 Å². The largest absolute Gasteiger partial charge is 0.457 e. The van der Waals surface area contributed by atoms with Crippen molar-refractivity contribution in [3.05, 3.63) is 77.0 Å². The number of aliphatic hydroxyl groups is 4. The third kappa shape index (κ3) is 5.66. The fraction of sp³-hybridized carbons (Fsp3) is 0.217. The molecular weight excluding hydrogens is 441 g/mol. The molecule has 172 valence electrons. The minimum absolute atomic E-state index is 0.0743. The fourth-order valence-corrected chi connectivity index (χ4v) is 3.01. The number of halogens is 3. The van der Waals surface area contributed by atoms with Crippen LogP contribution in [0.5, 0.6) is 11.5 Å². The van der Waals surface area contributed by atoms with Gasteiger partial charge >= 0.3 is 6.18 Å². The molecule has 0 fully saturated rings. The minimum atomic E-state index is -4.72. The summed E-state index contributed by atoms with van der Waals surface area (Å²) in [7, 11) is 0. The highest BCUT2D eigenvalue weighted by Crippen LogP contribution is 2.39. The van der Waals surface area contributed by atoms with Crippen LogP contribution in [0.3, 0.4) is 0 Å². The van der Waals surface area contributed by atoms with E-state index in [-0.39, 0.29) is 22.6 Å². The molecule has 0 aliphatic carbocycles. The van der Waals surface area contributed by atoms with Gasteiger partial charge in [-0.05, 0) is 60.2 Å². The van der Waals surface area contributed by atoms with E-state index in [9.17, 15) is 33.6 Å². The second kappa shape index (κ2) is 9.97. The average molecular weight is 460 g/mol. The Bertz CT molecular complexity index is 1130. The van der Waals surface area contributed by atoms with Crippen LogP contribution in [0.4, 0.5) is 13.2 Å². The highest BCUT2D eigenvalue weighted by Gasteiger charge is 2.35. The first-order valence-corrected chi connectivity index (χ1v) is 9.65. The summed E-state index contributed by atoms with van der Waals surface area (Å²) in [6, 6.07) is 13.3.